The molecule has 8 aromatic carbocycles. The first kappa shape index (κ1) is 82.3. The van der Waals surface area contributed by atoms with E-state index >= 15 is 0 Å². The van der Waals surface area contributed by atoms with Gasteiger partial charge < -0.3 is 42.0 Å². The smallest absolute Gasteiger partial charge is 0.336 e. The van der Waals surface area contributed by atoms with Crippen LogP contribution in [-0.2, 0) is 0 Å². The van der Waals surface area contributed by atoms with Crippen LogP contribution in [0.15, 0.2) is 248 Å². The van der Waals surface area contributed by atoms with E-state index in [-0.39, 0.29) is 46.0 Å². The molecule has 117 heavy (non-hydrogen) atoms. The third-order valence-corrected chi connectivity index (χ3v) is 18.4. The molecular formula is C89H77F4N17O7. The summed E-state index contributed by atoms with van der Waals surface area (Å²) in [4.78, 5) is 65.7. The number of aldehydes is 1. The van der Waals surface area contributed by atoms with Gasteiger partial charge in [-0.3, -0.25) is 28.2 Å². The Hall–Kier alpha value is -15.6. The van der Waals surface area contributed by atoms with Crippen molar-refractivity contribution in [2.45, 2.75) is 55.4 Å². The summed E-state index contributed by atoms with van der Waals surface area (Å²) in [5.41, 5.74) is 31.4. The molecule has 28 heteroatoms. The zero-order valence-electron chi connectivity index (χ0n) is 64.3. The summed E-state index contributed by atoms with van der Waals surface area (Å²) in [7, 11) is 0. The van der Waals surface area contributed by atoms with E-state index in [4.69, 9.17) is 38.4 Å². The first-order valence-corrected chi connectivity index (χ1v) is 36.0. The van der Waals surface area contributed by atoms with Gasteiger partial charge in [-0.1, -0.05) is 151 Å². The number of nitrogens with zero attached hydrogens (tertiary/aromatic N) is 10. The number of anilines is 8. The Labute approximate surface area is 668 Å². The Kier molecular flexibility index (Phi) is 26.1. The van der Waals surface area contributed by atoms with E-state index < -0.39 is 23.7 Å². The van der Waals surface area contributed by atoms with Gasteiger partial charge in [-0.25, -0.2) is 57.8 Å². The van der Waals surface area contributed by atoms with Gasteiger partial charge >= 0.3 is 18.0 Å². The molecule has 0 aliphatic heterocycles. The maximum atomic E-state index is 14.1. The summed E-state index contributed by atoms with van der Waals surface area (Å²) in [5, 5.41) is 36.2. The summed E-state index contributed by atoms with van der Waals surface area (Å²) < 4.78 is 64.5. The van der Waals surface area contributed by atoms with Crippen molar-refractivity contribution in [2.24, 2.45) is 5.84 Å². The van der Waals surface area contributed by atoms with E-state index in [9.17, 15) is 41.8 Å². The second-order valence-electron chi connectivity index (χ2n) is 26.5. The number of para-hydroxylation sites is 4. The molecular weight excluding hydrogens is 1500 g/mol. The number of carboxylic acids is 2. The van der Waals surface area contributed by atoms with Crippen LogP contribution in [0.2, 0.25) is 0 Å². The van der Waals surface area contributed by atoms with Crippen LogP contribution in [0.25, 0.3) is 67.0 Å². The number of carbonyl (C=O) groups excluding carboxylic acids is 2. The molecule has 0 aliphatic rings. The number of nitrogen functional groups attached to an aromatic ring is 3. The molecule has 588 valence electrons. The van der Waals surface area contributed by atoms with E-state index in [0.29, 0.717) is 85.8 Å². The van der Waals surface area contributed by atoms with Crippen molar-refractivity contribution in [3.63, 3.8) is 0 Å². The predicted octanol–water partition coefficient (Wildman–Crippen LogP) is 19.3. The molecule has 0 saturated heterocycles. The van der Waals surface area contributed by atoms with Gasteiger partial charge in [0.25, 0.3) is 5.91 Å². The number of imidazole rings is 3. The minimum Gasteiger partial charge on any atom is -0.478 e. The summed E-state index contributed by atoms with van der Waals surface area (Å²) in [6, 6.07) is 62.6. The number of pyridine rings is 4. The second kappa shape index (κ2) is 37.1. The Morgan fingerprint density at radius 1 is 0.436 bits per heavy atom. The lowest BCUT2D eigenvalue weighted by atomic mass is 10.0. The van der Waals surface area contributed by atoms with E-state index in [0.717, 1.165) is 79.0 Å². The Morgan fingerprint density at radius 3 is 1.15 bits per heavy atom. The van der Waals surface area contributed by atoms with E-state index in [1.165, 1.54) is 67.1 Å². The molecule has 0 fully saturated rings. The molecule has 0 radical (unpaired) electrons. The first-order chi connectivity index (χ1) is 56.2. The molecule has 1 amide bonds. The summed E-state index contributed by atoms with van der Waals surface area (Å²) in [6.45, 7) is 22.8. The van der Waals surface area contributed by atoms with Crippen LogP contribution < -0.4 is 38.7 Å². The third-order valence-electron chi connectivity index (χ3n) is 18.4. The Morgan fingerprint density at radius 2 is 0.795 bits per heavy atom. The molecule has 8 heterocycles. The van der Waals surface area contributed by atoms with E-state index in [1.807, 2.05) is 159 Å². The minimum absolute atomic E-state index is 0.0178. The molecule has 24 nitrogen and oxygen atoms in total. The number of amides is 1. The van der Waals surface area contributed by atoms with Crippen molar-refractivity contribution in [2.75, 3.05) is 27.4 Å². The number of aromatic nitrogens is 9. The quantitative estimate of drug-likeness (QED) is 0.0122. The van der Waals surface area contributed by atoms with Gasteiger partial charge in [-0.2, -0.15) is 0 Å². The average Bonchev–Trinajstić information content (AvgIpc) is 1.62. The SMILES string of the molecule is Cc1cccc(C)c1Nc1c(-c2ccccc2-c2nnc(N)o2)nc2ccc(F)cn12.Cc1cccc(C)c1Nc1c(-c2ccccc2C(=O)NN)nc2ccc(F)cn12.Cc1cccc(C)c1Nc1c(-c2ccccc2C(=O)O)nc2ccc(F)cn12.Nc1ccc(F)cn1.O=Cc1ccccc1C(=O)O.[C-]#[N+]c1c(C)cccc1C. The first-order valence-electron chi connectivity index (χ1n) is 36.0. The molecule has 8 aromatic heterocycles. The lowest BCUT2D eigenvalue weighted by molar-refractivity contribution is 0.0685. The highest BCUT2D eigenvalue weighted by atomic mass is 19.1. The molecule has 0 aliphatic carbocycles. The highest BCUT2D eigenvalue weighted by Gasteiger charge is 2.26. The number of aromatic carboxylic acids is 2. The number of rotatable bonds is 14. The fourth-order valence-corrected chi connectivity index (χ4v) is 12.6. The van der Waals surface area contributed by atoms with Crippen molar-refractivity contribution in [3.8, 4) is 45.2 Å². The van der Waals surface area contributed by atoms with Gasteiger partial charge in [-0.15, -0.1) is 5.10 Å². The van der Waals surface area contributed by atoms with Crippen LogP contribution in [0.3, 0.4) is 0 Å². The van der Waals surface area contributed by atoms with Crippen molar-refractivity contribution in [1.82, 2.24) is 48.8 Å². The predicted molar refractivity (Wildman–Crippen MR) is 445 cm³/mol. The van der Waals surface area contributed by atoms with Crippen LogP contribution in [0.1, 0.15) is 85.9 Å². The number of hydrazine groups is 1. The largest absolute Gasteiger partial charge is 0.478 e. The molecule has 0 saturated carbocycles. The van der Waals surface area contributed by atoms with Gasteiger partial charge in [0.15, 0.2) is 12.0 Å². The standard InChI is InChI=1S/C23H19FN6O.C22H20FN5O.C22H18FN3O2.C9H9N.C8H6O3.C5H5FN2/c1-13-6-5-7-14(2)19(13)27-21-20(26-18-11-10-15(24)12-30(18)21)16-8-3-4-9-17(16)22-28-29-23(25)31-22;1-13-6-5-7-14(2)19(13)26-21-20(25-18-11-10-15(23)12-28(18)21)16-8-3-4-9-17(16)22(29)27-24;1-13-6-5-7-14(2)19(13)25-21-20(16-8-3-4-9-17(16)22(27)28)24-18-11-10-15(23)12-26(18)21;1-7-5-4-6-8(2)9(7)10-3;9-5-6-3-1-2-4-7(6)8(10)11;6-4-1-2-5(7)8-3-4/h3-12,27H,1-2H3,(H2,25,29);3-12,26H,24H2,1-2H3,(H,27,29);3-12,25H,1-2H3,(H,27,28);4-6H,1-2H3;1-5H,(H,10,11);1-3H,(H2,7,8). The molecule has 16 aromatic rings. The minimum atomic E-state index is -1.08. The van der Waals surface area contributed by atoms with Crippen molar-refractivity contribution in [1.29, 1.82) is 0 Å². The van der Waals surface area contributed by atoms with Crippen LogP contribution in [0, 0.1) is 85.2 Å². The Balaban J connectivity index is 0.000000147. The lowest BCUT2D eigenvalue weighted by Crippen LogP contribution is -2.30. The molecule has 0 bridgehead atoms. The summed E-state index contributed by atoms with van der Waals surface area (Å²) >= 11 is 0. The maximum Gasteiger partial charge on any atom is 0.336 e. The molecule has 0 spiro atoms. The van der Waals surface area contributed by atoms with Crippen LogP contribution >= 0.6 is 0 Å². The lowest BCUT2D eigenvalue weighted by Gasteiger charge is -2.15. The number of halogens is 4. The highest BCUT2D eigenvalue weighted by Crippen LogP contribution is 2.41. The molecule has 0 atom stereocenters. The molecule has 12 N–H and O–H groups in total. The number of nitrogens with two attached hydrogens (primary N) is 3. The number of nitrogens with one attached hydrogen (secondary N) is 4. The molecule has 0 unspecified atom stereocenters. The number of hydrogen-bond acceptors (Lipinski definition) is 17. The monoisotopic (exact) mass is 1570 g/mol. The normalized spacial score (nSPS) is 10.5. The van der Waals surface area contributed by atoms with Gasteiger partial charge in [0.05, 0.1) is 29.5 Å². The number of benzene rings is 8. The van der Waals surface area contributed by atoms with E-state index in [1.54, 1.807) is 79.9 Å². The number of aryl methyl sites for hydroxylation is 8. The second-order valence-corrected chi connectivity index (χ2v) is 26.5. The van der Waals surface area contributed by atoms with Crippen LogP contribution in [0.4, 0.5) is 69.6 Å². The maximum absolute atomic E-state index is 14.1. The fraction of sp³-hybridized carbons (Fsp3) is 0.0899. The topological polar surface area (TPSA) is 343 Å². The number of carboxylic acid groups (broad SMARTS) is 2. The highest BCUT2D eigenvalue weighted by molar-refractivity contribution is 6.02. The van der Waals surface area contributed by atoms with Crippen molar-refractivity contribution < 1.29 is 51.4 Å². The summed E-state index contributed by atoms with van der Waals surface area (Å²) in [6.07, 6.45) is 5.73. The van der Waals surface area contributed by atoms with Crippen molar-refractivity contribution >= 4 is 93.1 Å². The van der Waals surface area contributed by atoms with Gasteiger partial charge in [0, 0.05) is 63.5 Å². The summed E-state index contributed by atoms with van der Waals surface area (Å²) in [5.74, 6) is 3.62. The van der Waals surface area contributed by atoms with E-state index in [2.05, 4.69) is 51.4 Å². The van der Waals surface area contributed by atoms with Gasteiger partial charge in [0.2, 0.25) is 5.89 Å². The Bertz CT molecular complexity index is 6310. The van der Waals surface area contributed by atoms with Gasteiger partial charge in [0.1, 0.15) is 80.6 Å². The number of fused-ring (bicyclic) bond motifs is 3. The zero-order chi connectivity index (χ0) is 83.7. The fourth-order valence-electron chi connectivity index (χ4n) is 12.6. The number of carbonyl (C=O) groups is 4. The van der Waals surface area contributed by atoms with Crippen LogP contribution in [-0.4, -0.2) is 77.7 Å². The van der Waals surface area contributed by atoms with Gasteiger partial charge in [-0.05, 0) is 173 Å². The average molecular weight is 1570 g/mol. The zero-order valence-corrected chi connectivity index (χ0v) is 64.3. The third kappa shape index (κ3) is 19.3. The number of hydrogen-bond donors (Lipinski definition) is 9. The van der Waals surface area contributed by atoms with Crippen LogP contribution in [0.5, 0.6) is 0 Å². The van der Waals surface area contributed by atoms with Crippen molar-refractivity contribution in [3.05, 3.63) is 345 Å². The molecule has 16 rings (SSSR count).